The van der Waals surface area contributed by atoms with Gasteiger partial charge in [-0.1, -0.05) is 103 Å². The zero-order chi connectivity index (χ0) is 26.1. The molecule has 0 bridgehead atoms. The van der Waals surface area contributed by atoms with Crippen molar-refractivity contribution < 1.29 is 21.8 Å². The van der Waals surface area contributed by atoms with E-state index in [9.17, 15) is 4.79 Å². The second-order valence-corrected chi connectivity index (χ2v) is 10.9. The van der Waals surface area contributed by atoms with Crippen LogP contribution in [-0.2, 0) is 16.8 Å². The smallest absolute Gasteiger partial charge is 0.244 e. The fourth-order valence-corrected chi connectivity index (χ4v) is 7.17. The molecule has 2 N–H and O–H groups in total. The Morgan fingerprint density at radius 3 is 2.15 bits per heavy atom. The molecule has 4 nitrogen and oxygen atoms in total. The van der Waals surface area contributed by atoms with E-state index in [1.54, 1.807) is 0 Å². The number of nitrogens with two attached hydrogens (primary N) is 1. The largest absolute Gasteiger partial charge is 1.00 e. The second-order valence-electron chi connectivity index (χ2n) is 10.9. The molecule has 0 spiro atoms. The Bertz CT molecular complexity index is 1440. The number of primary amides is 1. The molecule has 39 heavy (non-hydrogen) atoms. The summed E-state index contributed by atoms with van der Waals surface area (Å²) in [6.07, 6.45) is 3.00. The van der Waals surface area contributed by atoms with Crippen LogP contribution < -0.4 is 18.1 Å². The van der Waals surface area contributed by atoms with Crippen molar-refractivity contribution in [3.8, 4) is 0 Å². The van der Waals surface area contributed by atoms with Crippen LogP contribution >= 0.6 is 0 Å². The quantitative estimate of drug-likeness (QED) is 0.369. The van der Waals surface area contributed by atoms with Gasteiger partial charge in [-0.15, -0.1) is 0 Å². The molecular formula is C34H36ClN3O. The first-order valence-electron chi connectivity index (χ1n) is 13.8. The van der Waals surface area contributed by atoms with Gasteiger partial charge in [0.1, 0.15) is 25.0 Å². The molecule has 1 fully saturated rings. The van der Waals surface area contributed by atoms with Crippen LogP contribution in [-0.4, -0.2) is 40.3 Å². The molecule has 1 heterocycles. The van der Waals surface area contributed by atoms with Gasteiger partial charge in [0.05, 0.1) is 6.04 Å². The molecule has 1 amide bonds. The maximum absolute atomic E-state index is 13.5. The first kappa shape index (κ1) is 27.0. The Labute approximate surface area is 237 Å². The molecule has 1 aliphatic carbocycles. The van der Waals surface area contributed by atoms with Crippen LogP contribution in [0.5, 0.6) is 0 Å². The van der Waals surface area contributed by atoms with Crippen molar-refractivity contribution in [3.63, 3.8) is 0 Å². The van der Waals surface area contributed by atoms with Gasteiger partial charge in [-0.25, -0.2) is 0 Å². The second kappa shape index (κ2) is 11.2. The summed E-state index contributed by atoms with van der Waals surface area (Å²) in [6.45, 7) is 5.23. The predicted octanol–water partition coefficient (Wildman–Crippen LogP) is 2.73. The number of amidine groups is 1. The van der Waals surface area contributed by atoms with E-state index in [4.69, 9.17) is 5.73 Å². The van der Waals surface area contributed by atoms with E-state index >= 15 is 0 Å². The highest BCUT2D eigenvalue weighted by atomic mass is 35.5. The summed E-state index contributed by atoms with van der Waals surface area (Å²) in [5, 5.41) is 2.63. The maximum atomic E-state index is 13.5. The van der Waals surface area contributed by atoms with Gasteiger partial charge in [0.15, 0.2) is 0 Å². The van der Waals surface area contributed by atoms with Gasteiger partial charge in [-0.2, -0.15) is 0 Å². The standard InChI is InChI=1S/C34H35N3O.ClH/c1-25-36(24-27-13-10-12-26-11-8-9-18-32(26)27)21-22-37(25)31-20-19-30(23-31)34(33(35)38,28-14-4-2-5-15-28)29-16-6-3-7-17-29;/h2-18,30-31H,19-24H2,1H3,(H-,35,38);1H/t30-,31+;/m0./s1. The summed E-state index contributed by atoms with van der Waals surface area (Å²) in [5.74, 6) is 1.24. The first-order chi connectivity index (χ1) is 18.6. The zero-order valence-electron chi connectivity index (χ0n) is 22.5. The maximum Gasteiger partial charge on any atom is 0.244 e. The number of nitrogens with zero attached hydrogens (tertiary/aromatic N) is 2. The third-order valence-corrected chi connectivity index (χ3v) is 9.03. The summed E-state index contributed by atoms with van der Waals surface area (Å²) < 4.78 is 2.52. The van der Waals surface area contributed by atoms with E-state index in [1.807, 2.05) is 36.4 Å². The van der Waals surface area contributed by atoms with Crippen molar-refractivity contribution in [2.75, 3.05) is 13.1 Å². The normalized spacial score (nSPS) is 19.4. The number of hydrogen-bond acceptors (Lipinski definition) is 2. The number of hydrogen-bond donors (Lipinski definition) is 1. The number of carbonyl (C=O) groups is 1. The van der Waals surface area contributed by atoms with Crippen LogP contribution in [0.15, 0.2) is 103 Å². The molecule has 5 heteroatoms. The summed E-state index contributed by atoms with van der Waals surface area (Å²) >= 11 is 0. The summed E-state index contributed by atoms with van der Waals surface area (Å²) in [4.78, 5) is 16.0. The number of halogens is 1. The van der Waals surface area contributed by atoms with Gasteiger partial charge >= 0.3 is 0 Å². The highest BCUT2D eigenvalue weighted by Gasteiger charge is 2.52. The monoisotopic (exact) mass is 537 g/mol. The van der Waals surface area contributed by atoms with Crippen LogP contribution in [0.25, 0.3) is 10.8 Å². The molecule has 200 valence electrons. The molecule has 0 unspecified atom stereocenters. The lowest BCUT2D eigenvalue weighted by atomic mass is 9.64. The fraction of sp³-hybridized carbons (Fsp3) is 0.294. The van der Waals surface area contributed by atoms with E-state index in [-0.39, 0.29) is 24.2 Å². The molecular weight excluding hydrogens is 502 g/mol. The van der Waals surface area contributed by atoms with Gasteiger partial charge in [0.25, 0.3) is 0 Å². The topological polar surface area (TPSA) is 49.3 Å². The average molecular weight is 538 g/mol. The van der Waals surface area contributed by atoms with Gasteiger partial charge < -0.3 is 18.1 Å². The fourth-order valence-electron chi connectivity index (χ4n) is 7.17. The zero-order valence-corrected chi connectivity index (χ0v) is 23.2. The molecule has 0 saturated heterocycles. The highest BCUT2D eigenvalue weighted by Crippen LogP contribution is 2.48. The Kier molecular flexibility index (Phi) is 7.76. The molecule has 6 rings (SSSR count). The van der Waals surface area contributed by atoms with Gasteiger partial charge in [0.2, 0.25) is 11.7 Å². The molecule has 1 saturated carbocycles. The molecule has 0 aromatic heterocycles. The van der Waals surface area contributed by atoms with Crippen molar-refractivity contribution in [2.24, 2.45) is 11.7 Å². The van der Waals surface area contributed by atoms with E-state index < -0.39 is 5.41 Å². The molecule has 4 aromatic rings. The Morgan fingerprint density at radius 1 is 0.872 bits per heavy atom. The van der Waals surface area contributed by atoms with Crippen molar-refractivity contribution in [2.45, 2.75) is 44.2 Å². The Hall–Kier alpha value is -3.63. The summed E-state index contributed by atoms with van der Waals surface area (Å²) in [5.41, 5.74) is 8.88. The minimum atomic E-state index is -0.826. The third-order valence-electron chi connectivity index (χ3n) is 9.03. The van der Waals surface area contributed by atoms with Crippen molar-refractivity contribution in [3.05, 3.63) is 120 Å². The number of benzene rings is 4. The van der Waals surface area contributed by atoms with Crippen molar-refractivity contribution in [1.82, 2.24) is 4.90 Å². The number of rotatable bonds is 7. The van der Waals surface area contributed by atoms with Crippen molar-refractivity contribution >= 4 is 22.5 Å². The van der Waals surface area contributed by atoms with E-state index in [2.05, 4.69) is 83.1 Å². The van der Waals surface area contributed by atoms with Crippen LogP contribution in [0, 0.1) is 5.92 Å². The number of carbonyl (C=O) groups excluding carboxylic acids is 1. The van der Waals surface area contributed by atoms with E-state index in [0.717, 1.165) is 50.0 Å². The molecule has 2 aliphatic rings. The highest BCUT2D eigenvalue weighted by molar-refractivity contribution is 5.91. The van der Waals surface area contributed by atoms with Gasteiger partial charge in [-0.05, 0) is 47.1 Å². The molecule has 1 aliphatic heterocycles. The third kappa shape index (κ3) is 4.72. The summed E-state index contributed by atoms with van der Waals surface area (Å²) in [7, 11) is 0. The minimum Gasteiger partial charge on any atom is -1.00 e. The lowest BCUT2D eigenvalue weighted by molar-refractivity contribution is -0.534. The SMILES string of the molecule is CC1=[N+](Cc2cccc3ccccc23)CCN1[C@@H]1CC[C@H](C(C(N)=O)(c2ccccc2)c2ccccc2)C1.[Cl-]. The van der Waals surface area contributed by atoms with E-state index in [1.165, 1.54) is 22.2 Å². The van der Waals surface area contributed by atoms with Gasteiger partial charge in [-0.3, -0.25) is 14.3 Å². The lowest BCUT2D eigenvalue weighted by Gasteiger charge is -2.37. The average Bonchev–Trinajstić information content (AvgIpc) is 3.57. The first-order valence-corrected chi connectivity index (χ1v) is 13.8. The molecule has 2 atom stereocenters. The van der Waals surface area contributed by atoms with Gasteiger partial charge in [0, 0.05) is 12.5 Å². The Morgan fingerprint density at radius 2 is 1.49 bits per heavy atom. The van der Waals surface area contributed by atoms with Crippen LogP contribution in [0.4, 0.5) is 0 Å². The van der Waals surface area contributed by atoms with Crippen LogP contribution in [0.2, 0.25) is 0 Å². The van der Waals surface area contributed by atoms with Crippen molar-refractivity contribution in [1.29, 1.82) is 0 Å². The minimum absolute atomic E-state index is 0. The van der Waals surface area contributed by atoms with E-state index in [0.29, 0.717) is 6.04 Å². The number of amides is 1. The molecule has 4 aromatic carbocycles. The Balaban J connectivity index is 0.00000308. The summed E-state index contributed by atoms with van der Waals surface area (Å²) in [6, 6.07) is 36.0. The number of fused-ring (bicyclic) bond motifs is 1. The predicted molar refractivity (Wildman–Crippen MR) is 154 cm³/mol. The van der Waals surface area contributed by atoms with Crippen LogP contribution in [0.1, 0.15) is 42.9 Å². The molecule has 0 radical (unpaired) electrons. The lowest BCUT2D eigenvalue weighted by Crippen LogP contribution is -3.00. The van der Waals surface area contributed by atoms with Crippen LogP contribution in [0.3, 0.4) is 0 Å².